The van der Waals surface area contributed by atoms with Gasteiger partial charge in [0.05, 0.1) is 11.7 Å². The lowest BCUT2D eigenvalue weighted by atomic mass is 9.92. The summed E-state index contributed by atoms with van der Waals surface area (Å²) in [6.07, 6.45) is -3.59. The molecule has 9 heteroatoms. The highest BCUT2D eigenvalue weighted by Gasteiger charge is 2.38. The number of aliphatic hydroxyl groups is 1. The first-order valence-corrected chi connectivity index (χ1v) is 7.56. The Hall–Kier alpha value is -2.42. The summed E-state index contributed by atoms with van der Waals surface area (Å²) in [5.41, 5.74) is -1.80. The van der Waals surface area contributed by atoms with Gasteiger partial charge in [0.25, 0.3) is 5.91 Å². The van der Waals surface area contributed by atoms with Gasteiger partial charge in [-0.2, -0.15) is 13.2 Å². The first-order chi connectivity index (χ1) is 11.8. The van der Waals surface area contributed by atoms with E-state index in [0.717, 1.165) is 12.3 Å². The van der Waals surface area contributed by atoms with Crippen molar-refractivity contribution in [2.24, 2.45) is 0 Å². The molecule has 2 aromatic rings. The van der Waals surface area contributed by atoms with Crippen molar-refractivity contribution in [2.45, 2.75) is 37.5 Å². The predicted octanol–water partition coefficient (Wildman–Crippen LogP) is 3.71. The number of amides is 1. The minimum Gasteiger partial charge on any atom is -0.393 e. The smallest absolute Gasteiger partial charge is 0.393 e. The first kappa shape index (κ1) is 17.4. The van der Waals surface area contributed by atoms with Crippen LogP contribution in [0.4, 0.5) is 23.2 Å². The van der Waals surface area contributed by atoms with Crippen LogP contribution in [-0.2, 0) is 6.18 Å². The molecule has 1 fully saturated rings. The van der Waals surface area contributed by atoms with Crippen LogP contribution in [0.3, 0.4) is 0 Å². The number of carbonyl (C=O) groups is 1. The van der Waals surface area contributed by atoms with E-state index in [1.54, 1.807) is 0 Å². The Morgan fingerprint density at radius 1 is 1.28 bits per heavy atom. The van der Waals surface area contributed by atoms with E-state index in [4.69, 9.17) is 0 Å². The summed E-state index contributed by atoms with van der Waals surface area (Å²) in [4.78, 5) is 12.1. The fourth-order valence-electron chi connectivity index (χ4n) is 3.06. The maximum Gasteiger partial charge on any atom is 0.419 e. The van der Waals surface area contributed by atoms with Gasteiger partial charge in [-0.15, -0.1) is 0 Å². The quantitative estimate of drug-likeness (QED) is 0.820. The normalized spacial score (nSPS) is 20.7. The van der Waals surface area contributed by atoms with Gasteiger partial charge in [-0.3, -0.25) is 4.79 Å². The number of anilines is 1. The molecule has 1 amide bonds. The Morgan fingerprint density at radius 3 is 2.60 bits per heavy atom. The van der Waals surface area contributed by atoms with E-state index < -0.39 is 35.5 Å². The first-order valence-electron chi connectivity index (χ1n) is 7.56. The van der Waals surface area contributed by atoms with Crippen molar-refractivity contribution in [2.75, 3.05) is 5.32 Å². The standard InChI is InChI=1S/C16H14F4N2O3/c17-14-10(16(18,19)20)3-4-11(13(14)8-1-2-9(23)7-8)21-15(24)12-5-6-25-22-12/h3-6,8-9,23H,1-2,7H2,(H,21,24)/t8-,9+/m1/s1. The van der Waals surface area contributed by atoms with Crippen LogP contribution < -0.4 is 5.32 Å². The van der Waals surface area contributed by atoms with Gasteiger partial charge >= 0.3 is 6.18 Å². The Labute approximate surface area is 139 Å². The fraction of sp³-hybridized carbons (Fsp3) is 0.375. The predicted molar refractivity (Wildman–Crippen MR) is 78.5 cm³/mol. The van der Waals surface area contributed by atoms with Crippen LogP contribution >= 0.6 is 0 Å². The molecule has 1 aliphatic rings. The summed E-state index contributed by atoms with van der Waals surface area (Å²) in [5.74, 6) is -2.78. The molecule has 25 heavy (non-hydrogen) atoms. The van der Waals surface area contributed by atoms with Gasteiger partial charge in [0.2, 0.25) is 0 Å². The Kier molecular flexibility index (Phi) is 4.51. The molecule has 0 spiro atoms. The minimum absolute atomic E-state index is 0.0717. The second-order valence-electron chi connectivity index (χ2n) is 5.89. The number of alkyl halides is 3. The number of benzene rings is 1. The maximum atomic E-state index is 14.6. The van der Waals surface area contributed by atoms with Gasteiger partial charge in [-0.05, 0) is 37.3 Å². The van der Waals surface area contributed by atoms with E-state index in [0.29, 0.717) is 18.9 Å². The lowest BCUT2D eigenvalue weighted by Gasteiger charge is -2.20. The molecule has 1 aromatic heterocycles. The van der Waals surface area contributed by atoms with Gasteiger partial charge in [0.1, 0.15) is 12.1 Å². The Morgan fingerprint density at radius 2 is 2.04 bits per heavy atom. The molecule has 134 valence electrons. The zero-order valence-electron chi connectivity index (χ0n) is 12.8. The van der Waals surface area contributed by atoms with Crippen LogP contribution in [0.15, 0.2) is 29.0 Å². The SMILES string of the molecule is O=C(Nc1ccc(C(F)(F)F)c(F)c1[C@@H]1CC[C@H](O)C1)c1ccon1. The van der Waals surface area contributed by atoms with Crippen molar-refractivity contribution >= 4 is 11.6 Å². The van der Waals surface area contributed by atoms with Crippen LogP contribution in [-0.4, -0.2) is 22.3 Å². The lowest BCUT2D eigenvalue weighted by Crippen LogP contribution is -2.18. The second-order valence-corrected chi connectivity index (χ2v) is 5.89. The number of nitrogens with zero attached hydrogens (tertiary/aromatic N) is 1. The molecule has 5 nitrogen and oxygen atoms in total. The average Bonchev–Trinajstić information content (AvgIpc) is 3.17. The number of nitrogens with one attached hydrogen (secondary N) is 1. The van der Waals surface area contributed by atoms with E-state index in [1.165, 1.54) is 6.07 Å². The van der Waals surface area contributed by atoms with Crippen LogP contribution in [0, 0.1) is 5.82 Å². The van der Waals surface area contributed by atoms with Crippen molar-refractivity contribution < 1.29 is 32.0 Å². The highest BCUT2D eigenvalue weighted by molar-refractivity contribution is 6.03. The molecule has 1 heterocycles. The van der Waals surface area contributed by atoms with E-state index in [2.05, 4.69) is 15.0 Å². The number of rotatable bonds is 3. The van der Waals surface area contributed by atoms with Crippen LogP contribution in [0.1, 0.15) is 46.8 Å². The summed E-state index contributed by atoms with van der Waals surface area (Å²) < 4.78 is 58.2. The van der Waals surface area contributed by atoms with E-state index in [9.17, 15) is 27.5 Å². The molecule has 2 N–H and O–H groups in total. The summed E-state index contributed by atoms with van der Waals surface area (Å²) >= 11 is 0. The molecule has 0 aliphatic heterocycles. The van der Waals surface area contributed by atoms with Gasteiger partial charge in [-0.25, -0.2) is 4.39 Å². The maximum absolute atomic E-state index is 14.6. The lowest BCUT2D eigenvalue weighted by molar-refractivity contribution is -0.140. The number of aromatic nitrogens is 1. The van der Waals surface area contributed by atoms with E-state index in [-0.39, 0.29) is 23.4 Å². The summed E-state index contributed by atoms with van der Waals surface area (Å²) in [6.45, 7) is 0. The number of carbonyl (C=O) groups excluding carboxylic acids is 1. The third-order valence-corrected chi connectivity index (χ3v) is 4.22. The molecule has 0 radical (unpaired) electrons. The van der Waals surface area contributed by atoms with Crippen molar-refractivity contribution in [1.82, 2.24) is 5.16 Å². The minimum atomic E-state index is -4.86. The fourth-order valence-corrected chi connectivity index (χ4v) is 3.06. The Balaban J connectivity index is 2.02. The van der Waals surface area contributed by atoms with E-state index in [1.807, 2.05) is 0 Å². The highest BCUT2D eigenvalue weighted by atomic mass is 19.4. The summed E-state index contributed by atoms with van der Waals surface area (Å²) in [5, 5.41) is 15.5. The summed E-state index contributed by atoms with van der Waals surface area (Å²) in [6, 6.07) is 2.88. The van der Waals surface area contributed by atoms with Crippen molar-refractivity contribution in [1.29, 1.82) is 0 Å². The molecule has 1 aromatic carbocycles. The third-order valence-electron chi connectivity index (χ3n) is 4.22. The molecule has 1 saturated carbocycles. The van der Waals surface area contributed by atoms with E-state index >= 15 is 0 Å². The zero-order chi connectivity index (χ0) is 18.2. The van der Waals surface area contributed by atoms with Crippen LogP contribution in [0.5, 0.6) is 0 Å². The monoisotopic (exact) mass is 358 g/mol. The van der Waals surface area contributed by atoms with Gasteiger partial charge < -0.3 is 14.9 Å². The molecule has 0 unspecified atom stereocenters. The highest BCUT2D eigenvalue weighted by Crippen LogP contribution is 2.43. The second kappa shape index (κ2) is 6.47. The van der Waals surface area contributed by atoms with Crippen molar-refractivity contribution in [3.05, 3.63) is 47.1 Å². The molecular weight excluding hydrogens is 344 g/mol. The van der Waals surface area contributed by atoms with Crippen LogP contribution in [0.25, 0.3) is 0 Å². The molecule has 0 bridgehead atoms. The van der Waals surface area contributed by atoms with Crippen LogP contribution in [0.2, 0.25) is 0 Å². The van der Waals surface area contributed by atoms with Crippen molar-refractivity contribution in [3.8, 4) is 0 Å². The number of halogens is 4. The summed E-state index contributed by atoms with van der Waals surface area (Å²) in [7, 11) is 0. The average molecular weight is 358 g/mol. The largest absolute Gasteiger partial charge is 0.419 e. The molecular formula is C16H14F4N2O3. The Bertz CT molecular complexity index is 774. The number of hydrogen-bond acceptors (Lipinski definition) is 4. The van der Waals surface area contributed by atoms with Gasteiger partial charge in [0.15, 0.2) is 5.69 Å². The molecule has 2 atom stereocenters. The zero-order valence-corrected chi connectivity index (χ0v) is 12.8. The third kappa shape index (κ3) is 3.51. The van der Waals surface area contributed by atoms with Gasteiger partial charge in [0, 0.05) is 17.3 Å². The number of hydrogen-bond donors (Lipinski definition) is 2. The molecule has 3 rings (SSSR count). The van der Waals surface area contributed by atoms with Crippen molar-refractivity contribution in [3.63, 3.8) is 0 Å². The number of aliphatic hydroxyl groups excluding tert-OH is 1. The van der Waals surface area contributed by atoms with Gasteiger partial charge in [-0.1, -0.05) is 5.16 Å². The topological polar surface area (TPSA) is 75.4 Å². The molecule has 1 aliphatic carbocycles. The molecule has 0 saturated heterocycles.